The monoisotopic (exact) mass is 344 g/mol. The normalized spacial score (nSPS) is 10.4. The van der Waals surface area contributed by atoms with Gasteiger partial charge in [-0.15, -0.1) is 0 Å². The standard InChI is InChI=1S/C12H11BrClFN4/c1-6-3-7(13)10(4-8(6)14)18-11-9(15)5-17-12(16-2)19-11/h3-5H,1-2H3,(H2,16,17,18,19). The van der Waals surface area contributed by atoms with Gasteiger partial charge in [0.1, 0.15) is 0 Å². The lowest BCUT2D eigenvalue weighted by Gasteiger charge is -2.11. The maximum absolute atomic E-state index is 13.6. The van der Waals surface area contributed by atoms with Crippen LogP contribution in [0.25, 0.3) is 0 Å². The molecule has 4 nitrogen and oxygen atoms in total. The number of halogens is 3. The van der Waals surface area contributed by atoms with E-state index in [1.54, 1.807) is 13.1 Å². The molecule has 0 bridgehead atoms. The van der Waals surface area contributed by atoms with Gasteiger partial charge in [0.2, 0.25) is 5.95 Å². The number of rotatable bonds is 3. The second-order valence-electron chi connectivity index (χ2n) is 3.85. The minimum absolute atomic E-state index is 0.0833. The molecule has 0 unspecified atom stereocenters. The molecule has 0 aliphatic carbocycles. The lowest BCUT2D eigenvalue weighted by atomic mass is 10.2. The van der Waals surface area contributed by atoms with E-state index in [1.165, 1.54) is 0 Å². The van der Waals surface area contributed by atoms with Crippen LogP contribution in [0.3, 0.4) is 0 Å². The second kappa shape index (κ2) is 5.71. The second-order valence-corrected chi connectivity index (χ2v) is 5.11. The molecule has 0 spiro atoms. The minimum Gasteiger partial charge on any atom is -0.357 e. The number of aryl methyl sites for hydroxylation is 1. The molecule has 2 aromatic rings. The number of aromatic nitrogens is 2. The number of hydrogen-bond donors (Lipinski definition) is 2. The number of nitrogens with one attached hydrogen (secondary N) is 2. The maximum Gasteiger partial charge on any atom is 0.224 e. The van der Waals surface area contributed by atoms with Crippen LogP contribution in [-0.4, -0.2) is 17.0 Å². The molecule has 2 rings (SSSR count). The van der Waals surface area contributed by atoms with E-state index in [1.807, 2.05) is 13.0 Å². The van der Waals surface area contributed by atoms with Crippen molar-refractivity contribution in [3.05, 3.63) is 39.2 Å². The Kier molecular flexibility index (Phi) is 4.21. The van der Waals surface area contributed by atoms with Crippen molar-refractivity contribution in [2.75, 3.05) is 17.7 Å². The Morgan fingerprint density at radius 1 is 1.37 bits per heavy atom. The van der Waals surface area contributed by atoms with Crippen molar-refractivity contribution >= 4 is 45.0 Å². The molecule has 0 saturated heterocycles. The average Bonchev–Trinajstić information content (AvgIpc) is 2.38. The fourth-order valence-electron chi connectivity index (χ4n) is 1.44. The lowest BCUT2D eigenvalue weighted by molar-refractivity contribution is 0.619. The first-order valence-corrected chi connectivity index (χ1v) is 6.61. The van der Waals surface area contributed by atoms with Crippen LogP contribution in [0.2, 0.25) is 5.02 Å². The molecule has 100 valence electrons. The van der Waals surface area contributed by atoms with Crippen LogP contribution < -0.4 is 10.6 Å². The van der Waals surface area contributed by atoms with Gasteiger partial charge in [-0.05, 0) is 40.5 Å². The summed E-state index contributed by atoms with van der Waals surface area (Å²) in [7, 11) is 1.66. The van der Waals surface area contributed by atoms with Crippen molar-refractivity contribution < 1.29 is 4.39 Å². The predicted molar refractivity (Wildman–Crippen MR) is 78.7 cm³/mol. The molecule has 7 heteroatoms. The Morgan fingerprint density at radius 2 is 2.11 bits per heavy atom. The highest BCUT2D eigenvalue weighted by molar-refractivity contribution is 9.10. The quantitative estimate of drug-likeness (QED) is 0.878. The third kappa shape index (κ3) is 3.13. The summed E-state index contributed by atoms with van der Waals surface area (Å²) in [6.07, 6.45) is 1.10. The van der Waals surface area contributed by atoms with Gasteiger partial charge in [0.25, 0.3) is 0 Å². The van der Waals surface area contributed by atoms with Gasteiger partial charge in [-0.25, -0.2) is 9.37 Å². The zero-order valence-corrected chi connectivity index (χ0v) is 12.6. The highest BCUT2D eigenvalue weighted by Crippen LogP contribution is 2.31. The summed E-state index contributed by atoms with van der Waals surface area (Å²) in [6.45, 7) is 1.89. The van der Waals surface area contributed by atoms with Crippen LogP contribution >= 0.6 is 27.5 Å². The summed E-state index contributed by atoms with van der Waals surface area (Å²) in [4.78, 5) is 7.79. The van der Waals surface area contributed by atoms with Gasteiger partial charge in [-0.3, -0.25) is 0 Å². The van der Waals surface area contributed by atoms with Crippen molar-refractivity contribution in [2.45, 2.75) is 6.92 Å². The molecule has 19 heavy (non-hydrogen) atoms. The van der Waals surface area contributed by atoms with Crippen molar-refractivity contribution in [2.24, 2.45) is 0 Å². The third-order valence-electron chi connectivity index (χ3n) is 2.47. The van der Waals surface area contributed by atoms with Gasteiger partial charge in [-0.1, -0.05) is 11.6 Å². The molecule has 2 N–H and O–H groups in total. The van der Waals surface area contributed by atoms with E-state index in [0.29, 0.717) is 16.7 Å². The van der Waals surface area contributed by atoms with Crippen molar-refractivity contribution in [3.8, 4) is 0 Å². The van der Waals surface area contributed by atoms with Gasteiger partial charge >= 0.3 is 0 Å². The first kappa shape index (κ1) is 14.0. The molecule has 1 heterocycles. The smallest absolute Gasteiger partial charge is 0.224 e. The Hall–Kier alpha value is -1.40. The van der Waals surface area contributed by atoms with Gasteiger partial charge in [-0.2, -0.15) is 4.98 Å². The zero-order chi connectivity index (χ0) is 14.0. The largest absolute Gasteiger partial charge is 0.357 e. The summed E-state index contributed by atoms with van der Waals surface area (Å²) in [5.74, 6) is -0.124. The predicted octanol–water partition coefficient (Wildman–Crippen LogP) is 4.13. The van der Waals surface area contributed by atoms with Gasteiger partial charge in [0, 0.05) is 16.5 Å². The van der Waals surface area contributed by atoms with Crippen LogP contribution in [-0.2, 0) is 0 Å². The summed E-state index contributed by atoms with van der Waals surface area (Å²) in [5.41, 5.74) is 1.56. The zero-order valence-electron chi connectivity index (χ0n) is 10.3. The molecule has 0 saturated carbocycles. The number of hydrogen-bond acceptors (Lipinski definition) is 4. The number of benzene rings is 1. The van der Waals surface area contributed by atoms with Gasteiger partial charge in [0.05, 0.1) is 11.9 Å². The SMILES string of the molecule is CNc1ncc(F)c(Nc2cc(Cl)c(C)cc2Br)n1. The Morgan fingerprint density at radius 3 is 2.79 bits per heavy atom. The number of nitrogens with zero attached hydrogens (tertiary/aromatic N) is 2. The summed E-state index contributed by atoms with van der Waals surface area (Å²) < 4.78 is 14.4. The molecular formula is C12H11BrClFN4. The van der Waals surface area contributed by atoms with Crippen LogP contribution in [0.15, 0.2) is 22.8 Å². The molecule has 0 aliphatic heterocycles. The number of anilines is 3. The van der Waals surface area contributed by atoms with E-state index in [2.05, 4.69) is 36.5 Å². The van der Waals surface area contributed by atoms with Crippen molar-refractivity contribution in [1.29, 1.82) is 0 Å². The van der Waals surface area contributed by atoms with Crippen LogP contribution in [0, 0.1) is 12.7 Å². The Labute approximate surface area is 123 Å². The molecule has 0 aliphatic rings. The summed E-state index contributed by atoms with van der Waals surface area (Å²) in [6, 6.07) is 3.56. The van der Waals surface area contributed by atoms with E-state index < -0.39 is 5.82 Å². The van der Waals surface area contributed by atoms with Crippen molar-refractivity contribution in [1.82, 2.24) is 9.97 Å². The van der Waals surface area contributed by atoms with E-state index >= 15 is 0 Å². The van der Waals surface area contributed by atoms with Crippen LogP contribution in [0.1, 0.15) is 5.56 Å². The van der Waals surface area contributed by atoms with E-state index in [0.717, 1.165) is 16.2 Å². The maximum atomic E-state index is 13.6. The topological polar surface area (TPSA) is 49.8 Å². The molecule has 1 aromatic heterocycles. The highest BCUT2D eigenvalue weighted by Gasteiger charge is 2.10. The highest BCUT2D eigenvalue weighted by atomic mass is 79.9. The third-order valence-corrected chi connectivity index (χ3v) is 3.53. The Bertz CT molecular complexity index is 621. The molecule has 0 amide bonds. The minimum atomic E-state index is -0.539. The Balaban J connectivity index is 2.38. The van der Waals surface area contributed by atoms with Crippen LogP contribution in [0.4, 0.5) is 21.8 Å². The first-order valence-electron chi connectivity index (χ1n) is 5.44. The molecule has 0 radical (unpaired) electrons. The van der Waals surface area contributed by atoms with Gasteiger partial charge < -0.3 is 10.6 Å². The fraction of sp³-hybridized carbons (Fsp3) is 0.167. The molecule has 1 aromatic carbocycles. The first-order chi connectivity index (χ1) is 9.01. The van der Waals surface area contributed by atoms with E-state index in [-0.39, 0.29) is 5.82 Å². The van der Waals surface area contributed by atoms with Crippen LogP contribution in [0.5, 0.6) is 0 Å². The molecule has 0 fully saturated rings. The van der Waals surface area contributed by atoms with Gasteiger partial charge in [0.15, 0.2) is 11.6 Å². The fourth-order valence-corrected chi connectivity index (χ4v) is 2.17. The molecule has 0 atom stereocenters. The van der Waals surface area contributed by atoms with E-state index in [4.69, 9.17) is 11.6 Å². The van der Waals surface area contributed by atoms with E-state index in [9.17, 15) is 4.39 Å². The molecular weight excluding hydrogens is 335 g/mol. The summed E-state index contributed by atoms with van der Waals surface area (Å²) >= 11 is 9.45. The lowest BCUT2D eigenvalue weighted by Crippen LogP contribution is -2.03. The summed E-state index contributed by atoms with van der Waals surface area (Å²) in [5, 5.41) is 6.23. The van der Waals surface area contributed by atoms with Crippen molar-refractivity contribution in [3.63, 3.8) is 0 Å². The average molecular weight is 346 g/mol.